The summed E-state index contributed by atoms with van der Waals surface area (Å²) in [5, 5.41) is 9.19. The van der Waals surface area contributed by atoms with E-state index in [-0.39, 0.29) is 0 Å². The van der Waals surface area contributed by atoms with E-state index in [4.69, 9.17) is 4.74 Å². The van der Waals surface area contributed by atoms with E-state index >= 15 is 0 Å². The highest BCUT2D eigenvalue weighted by Crippen LogP contribution is 2.34. The van der Waals surface area contributed by atoms with E-state index in [1.807, 2.05) is 6.92 Å². The lowest BCUT2D eigenvalue weighted by Gasteiger charge is -2.33. The zero-order valence-corrected chi connectivity index (χ0v) is 8.71. The van der Waals surface area contributed by atoms with E-state index in [1.165, 1.54) is 0 Å². The average molecular weight is 198 g/mol. The van der Waals surface area contributed by atoms with E-state index in [2.05, 4.69) is 6.58 Å². The molecular formula is C11H18O3. The highest BCUT2D eigenvalue weighted by molar-refractivity contribution is 5.74. The van der Waals surface area contributed by atoms with Crippen molar-refractivity contribution in [2.24, 2.45) is 5.41 Å². The Morgan fingerprint density at radius 2 is 2.36 bits per heavy atom. The van der Waals surface area contributed by atoms with E-state index in [1.54, 1.807) is 0 Å². The quantitative estimate of drug-likeness (QED) is 0.704. The number of aliphatic carboxylic acids is 1. The molecule has 1 atom stereocenters. The lowest BCUT2D eigenvalue weighted by atomic mass is 9.78. The zero-order valence-electron chi connectivity index (χ0n) is 8.71. The largest absolute Gasteiger partial charge is 0.481 e. The summed E-state index contributed by atoms with van der Waals surface area (Å²) in [6, 6.07) is 0. The van der Waals surface area contributed by atoms with Gasteiger partial charge >= 0.3 is 5.97 Å². The van der Waals surface area contributed by atoms with Crippen molar-refractivity contribution < 1.29 is 14.6 Å². The monoisotopic (exact) mass is 198 g/mol. The molecule has 0 aromatic carbocycles. The molecule has 0 bridgehead atoms. The van der Waals surface area contributed by atoms with Gasteiger partial charge in [0.2, 0.25) is 0 Å². The molecule has 1 aliphatic heterocycles. The molecule has 1 N–H and O–H groups in total. The molecule has 1 saturated heterocycles. The molecule has 1 aliphatic rings. The molecule has 3 heteroatoms. The maximum absolute atomic E-state index is 11.2. The molecule has 0 aromatic rings. The maximum Gasteiger partial charge on any atom is 0.311 e. The second kappa shape index (κ2) is 4.60. The third-order valence-electron chi connectivity index (χ3n) is 2.81. The van der Waals surface area contributed by atoms with Crippen LogP contribution in [0.5, 0.6) is 0 Å². The Labute approximate surface area is 84.8 Å². The summed E-state index contributed by atoms with van der Waals surface area (Å²) in [6.07, 6.45) is 3.01. The fourth-order valence-electron chi connectivity index (χ4n) is 1.78. The minimum atomic E-state index is -0.724. The summed E-state index contributed by atoms with van der Waals surface area (Å²) >= 11 is 0. The molecule has 0 saturated carbocycles. The summed E-state index contributed by atoms with van der Waals surface area (Å²) in [5.74, 6) is -0.724. The summed E-state index contributed by atoms with van der Waals surface area (Å²) in [4.78, 5) is 11.2. The normalized spacial score (nSPS) is 27.2. The van der Waals surface area contributed by atoms with Gasteiger partial charge in [0.15, 0.2) is 0 Å². The van der Waals surface area contributed by atoms with E-state index in [0.29, 0.717) is 19.6 Å². The highest BCUT2D eigenvalue weighted by Gasteiger charge is 2.39. The van der Waals surface area contributed by atoms with Crippen molar-refractivity contribution in [3.8, 4) is 0 Å². The number of hydrogen-bond donors (Lipinski definition) is 1. The molecule has 0 radical (unpaired) electrons. The second-order valence-corrected chi connectivity index (χ2v) is 4.20. The van der Waals surface area contributed by atoms with Gasteiger partial charge in [-0.05, 0) is 32.6 Å². The van der Waals surface area contributed by atoms with Crippen LogP contribution in [0.2, 0.25) is 0 Å². The van der Waals surface area contributed by atoms with Gasteiger partial charge in [-0.1, -0.05) is 5.57 Å². The standard InChI is InChI=1S/C11H18O3/c1-9(2)4-6-11(10(12)13)5-3-7-14-8-11/h1,3-8H2,2H3,(H,12,13). The molecule has 0 amide bonds. The minimum absolute atomic E-state index is 0.357. The van der Waals surface area contributed by atoms with Gasteiger partial charge in [0.05, 0.1) is 12.0 Å². The molecular weight excluding hydrogens is 180 g/mol. The highest BCUT2D eigenvalue weighted by atomic mass is 16.5. The van der Waals surface area contributed by atoms with Crippen molar-refractivity contribution in [2.45, 2.75) is 32.6 Å². The van der Waals surface area contributed by atoms with Crippen LogP contribution >= 0.6 is 0 Å². The number of hydrogen-bond acceptors (Lipinski definition) is 2. The Morgan fingerprint density at radius 3 is 2.79 bits per heavy atom. The van der Waals surface area contributed by atoms with Crippen LogP contribution < -0.4 is 0 Å². The third kappa shape index (κ3) is 2.58. The molecule has 1 unspecified atom stereocenters. The smallest absolute Gasteiger partial charge is 0.311 e. The summed E-state index contributed by atoms with van der Waals surface area (Å²) in [7, 11) is 0. The molecule has 1 heterocycles. The van der Waals surface area contributed by atoms with Crippen molar-refractivity contribution >= 4 is 5.97 Å². The van der Waals surface area contributed by atoms with Gasteiger partial charge in [0.25, 0.3) is 0 Å². The van der Waals surface area contributed by atoms with E-state index < -0.39 is 11.4 Å². The minimum Gasteiger partial charge on any atom is -0.481 e. The number of carboxylic acid groups (broad SMARTS) is 1. The van der Waals surface area contributed by atoms with Gasteiger partial charge in [-0.3, -0.25) is 4.79 Å². The predicted molar refractivity (Wildman–Crippen MR) is 54.2 cm³/mol. The number of carboxylic acids is 1. The number of ether oxygens (including phenoxy) is 1. The summed E-state index contributed by atoms with van der Waals surface area (Å²) in [6.45, 7) is 6.78. The third-order valence-corrected chi connectivity index (χ3v) is 2.81. The van der Waals surface area contributed by atoms with Crippen LogP contribution in [0.15, 0.2) is 12.2 Å². The zero-order chi connectivity index (χ0) is 10.6. The lowest BCUT2D eigenvalue weighted by molar-refractivity contribution is -0.158. The summed E-state index contributed by atoms with van der Waals surface area (Å²) < 4.78 is 5.27. The first-order chi connectivity index (χ1) is 6.57. The second-order valence-electron chi connectivity index (χ2n) is 4.20. The molecule has 0 aromatic heterocycles. The van der Waals surface area contributed by atoms with Crippen LogP contribution in [0.4, 0.5) is 0 Å². The van der Waals surface area contributed by atoms with Crippen LogP contribution in [-0.2, 0) is 9.53 Å². The van der Waals surface area contributed by atoms with Gasteiger partial charge in [0.1, 0.15) is 0 Å². The molecule has 1 fully saturated rings. The van der Waals surface area contributed by atoms with Crippen molar-refractivity contribution in [1.82, 2.24) is 0 Å². The predicted octanol–water partition coefficient (Wildman–Crippen LogP) is 2.22. The fraction of sp³-hybridized carbons (Fsp3) is 0.727. The Hall–Kier alpha value is -0.830. The number of rotatable bonds is 4. The lowest BCUT2D eigenvalue weighted by Crippen LogP contribution is -2.39. The first-order valence-electron chi connectivity index (χ1n) is 5.02. The average Bonchev–Trinajstić information content (AvgIpc) is 2.16. The van der Waals surface area contributed by atoms with E-state index in [9.17, 15) is 9.90 Å². The van der Waals surface area contributed by atoms with Crippen molar-refractivity contribution in [3.05, 3.63) is 12.2 Å². The molecule has 0 aliphatic carbocycles. The van der Waals surface area contributed by atoms with Crippen LogP contribution in [0.1, 0.15) is 32.6 Å². The Balaban J connectivity index is 2.60. The Bertz CT molecular complexity index is 227. The Morgan fingerprint density at radius 1 is 1.64 bits per heavy atom. The number of allylic oxidation sites excluding steroid dienone is 1. The topological polar surface area (TPSA) is 46.5 Å². The van der Waals surface area contributed by atoms with Crippen LogP contribution in [0.25, 0.3) is 0 Å². The first kappa shape index (κ1) is 11.2. The fourth-order valence-corrected chi connectivity index (χ4v) is 1.78. The van der Waals surface area contributed by atoms with E-state index in [0.717, 1.165) is 24.8 Å². The molecule has 1 rings (SSSR count). The van der Waals surface area contributed by atoms with Crippen LogP contribution in [0, 0.1) is 5.41 Å². The first-order valence-corrected chi connectivity index (χ1v) is 5.02. The van der Waals surface area contributed by atoms with Crippen molar-refractivity contribution in [3.63, 3.8) is 0 Å². The van der Waals surface area contributed by atoms with Crippen LogP contribution in [0.3, 0.4) is 0 Å². The molecule has 80 valence electrons. The molecule has 0 spiro atoms. The van der Waals surface area contributed by atoms with Gasteiger partial charge in [0, 0.05) is 6.61 Å². The SMILES string of the molecule is C=C(C)CCC1(C(=O)O)CCCOC1. The Kier molecular flexibility index (Phi) is 3.69. The van der Waals surface area contributed by atoms with Gasteiger partial charge in [-0.25, -0.2) is 0 Å². The summed E-state index contributed by atoms with van der Waals surface area (Å²) in [5.41, 5.74) is 0.383. The van der Waals surface area contributed by atoms with Gasteiger partial charge in [-0.2, -0.15) is 0 Å². The van der Waals surface area contributed by atoms with Crippen molar-refractivity contribution in [2.75, 3.05) is 13.2 Å². The maximum atomic E-state index is 11.2. The van der Waals surface area contributed by atoms with Crippen LogP contribution in [-0.4, -0.2) is 24.3 Å². The van der Waals surface area contributed by atoms with Crippen molar-refractivity contribution in [1.29, 1.82) is 0 Å². The van der Waals surface area contributed by atoms with Gasteiger partial charge in [-0.15, -0.1) is 6.58 Å². The van der Waals surface area contributed by atoms with Gasteiger partial charge < -0.3 is 9.84 Å². The molecule has 3 nitrogen and oxygen atoms in total. The molecule has 14 heavy (non-hydrogen) atoms. The number of carbonyl (C=O) groups is 1.